The Balaban J connectivity index is 1.79. The fourth-order valence-electron chi connectivity index (χ4n) is 3.21. The molecule has 0 saturated heterocycles. The van der Waals surface area contributed by atoms with Crippen LogP contribution in [0.5, 0.6) is 0 Å². The van der Waals surface area contributed by atoms with Gasteiger partial charge in [-0.25, -0.2) is 0 Å². The lowest BCUT2D eigenvalue weighted by Crippen LogP contribution is -2.30. The Bertz CT molecular complexity index is 922. The maximum absolute atomic E-state index is 13.0. The molecule has 1 aromatic heterocycles. The maximum Gasteiger partial charge on any atom is 0.255 e. The quantitative estimate of drug-likeness (QED) is 0.585. The van der Waals surface area contributed by atoms with Gasteiger partial charge in [0.2, 0.25) is 0 Å². The summed E-state index contributed by atoms with van der Waals surface area (Å²) < 4.78 is 0. The Labute approximate surface area is 167 Å². The van der Waals surface area contributed by atoms with Gasteiger partial charge in [0, 0.05) is 25.0 Å². The van der Waals surface area contributed by atoms with E-state index in [4.69, 9.17) is 0 Å². The molecule has 0 bridgehead atoms. The number of hydrogen-bond acceptors (Lipinski definition) is 3. The molecule has 0 saturated carbocycles. The van der Waals surface area contributed by atoms with Gasteiger partial charge in [0.25, 0.3) is 5.91 Å². The van der Waals surface area contributed by atoms with Crippen molar-refractivity contribution in [1.82, 2.24) is 9.88 Å². The number of nitrogens with zero attached hydrogens (tertiary/aromatic N) is 2. The van der Waals surface area contributed by atoms with Crippen LogP contribution in [-0.2, 0) is 6.54 Å². The molecular weight excluding hydrogens is 346 g/mol. The first-order valence-electron chi connectivity index (χ1n) is 9.72. The number of amides is 1. The van der Waals surface area contributed by atoms with Crippen LogP contribution in [0.3, 0.4) is 0 Å². The molecule has 28 heavy (non-hydrogen) atoms. The van der Waals surface area contributed by atoms with Crippen LogP contribution in [-0.4, -0.2) is 22.3 Å². The van der Waals surface area contributed by atoms with Gasteiger partial charge in [-0.05, 0) is 36.1 Å². The largest absolute Gasteiger partial charge is 0.354 e. The van der Waals surface area contributed by atoms with Gasteiger partial charge in [-0.1, -0.05) is 62.4 Å². The molecule has 1 N–H and O–H groups in total. The molecule has 0 aliphatic heterocycles. The van der Waals surface area contributed by atoms with Gasteiger partial charge >= 0.3 is 0 Å². The molecule has 144 valence electrons. The summed E-state index contributed by atoms with van der Waals surface area (Å²) in [5.41, 5.74) is 4.80. The Kier molecular flexibility index (Phi) is 6.43. The Morgan fingerprint density at radius 1 is 1.04 bits per heavy atom. The minimum absolute atomic E-state index is 0.0142. The number of carbonyl (C=O) groups excluding carboxylic acids is 1. The number of benzene rings is 2. The van der Waals surface area contributed by atoms with E-state index in [1.54, 1.807) is 12.4 Å². The molecule has 4 nitrogen and oxygen atoms in total. The third-order valence-corrected chi connectivity index (χ3v) is 4.73. The van der Waals surface area contributed by atoms with E-state index >= 15 is 0 Å². The minimum Gasteiger partial charge on any atom is -0.354 e. The highest BCUT2D eigenvalue weighted by atomic mass is 16.2. The zero-order chi connectivity index (χ0) is 19.9. The Morgan fingerprint density at radius 2 is 1.75 bits per heavy atom. The van der Waals surface area contributed by atoms with Crippen LogP contribution in [0.4, 0.5) is 11.4 Å². The first-order chi connectivity index (χ1) is 13.6. The summed E-state index contributed by atoms with van der Waals surface area (Å²) in [4.78, 5) is 19.1. The van der Waals surface area contributed by atoms with E-state index in [0.717, 1.165) is 16.9 Å². The predicted molar refractivity (Wildman–Crippen MR) is 115 cm³/mol. The summed E-state index contributed by atoms with van der Waals surface area (Å²) in [6.45, 7) is 7.56. The van der Waals surface area contributed by atoms with Crippen LogP contribution in [0.15, 0.2) is 73.1 Å². The lowest BCUT2D eigenvalue weighted by Gasteiger charge is -2.21. The molecule has 1 amide bonds. The minimum atomic E-state index is -0.0142. The average molecular weight is 374 g/mol. The SMILES string of the molecule is CCN(Cc1ccccc1)C(=O)c1cncc(Nc2ccccc2C(C)C)c1. The zero-order valence-electron chi connectivity index (χ0n) is 16.7. The van der Waals surface area contributed by atoms with Gasteiger partial charge in [-0.2, -0.15) is 0 Å². The van der Waals surface area contributed by atoms with Crippen LogP contribution in [0.1, 0.15) is 48.2 Å². The molecule has 0 atom stereocenters. The number of rotatable bonds is 7. The van der Waals surface area contributed by atoms with E-state index < -0.39 is 0 Å². The van der Waals surface area contributed by atoms with Gasteiger partial charge in [0.1, 0.15) is 0 Å². The summed E-state index contributed by atoms with van der Waals surface area (Å²) in [5, 5.41) is 3.42. The van der Waals surface area contributed by atoms with Crippen LogP contribution < -0.4 is 5.32 Å². The molecule has 1 heterocycles. The smallest absolute Gasteiger partial charge is 0.255 e. The van der Waals surface area contributed by atoms with E-state index in [2.05, 4.69) is 36.3 Å². The lowest BCUT2D eigenvalue weighted by atomic mass is 10.0. The molecule has 0 fully saturated rings. The first kappa shape index (κ1) is 19.6. The van der Waals surface area contributed by atoms with Crippen molar-refractivity contribution in [3.8, 4) is 0 Å². The van der Waals surface area contributed by atoms with E-state index in [9.17, 15) is 4.79 Å². The van der Waals surface area contributed by atoms with Crippen molar-refractivity contribution in [1.29, 1.82) is 0 Å². The van der Waals surface area contributed by atoms with Crippen molar-refractivity contribution in [2.75, 3.05) is 11.9 Å². The summed E-state index contributed by atoms with van der Waals surface area (Å²) >= 11 is 0. The average Bonchev–Trinajstić information content (AvgIpc) is 2.72. The van der Waals surface area contributed by atoms with Crippen LogP contribution in [0, 0.1) is 0 Å². The molecule has 0 spiro atoms. The topological polar surface area (TPSA) is 45.2 Å². The normalized spacial score (nSPS) is 10.7. The number of aromatic nitrogens is 1. The summed E-state index contributed by atoms with van der Waals surface area (Å²) in [6, 6.07) is 20.1. The van der Waals surface area contributed by atoms with Crippen molar-refractivity contribution in [3.05, 3.63) is 89.7 Å². The highest BCUT2D eigenvalue weighted by Gasteiger charge is 2.16. The third kappa shape index (κ3) is 4.77. The summed E-state index contributed by atoms with van der Waals surface area (Å²) in [5.74, 6) is 0.391. The molecule has 3 aromatic rings. The fourth-order valence-corrected chi connectivity index (χ4v) is 3.21. The molecule has 0 aliphatic rings. The Morgan fingerprint density at radius 3 is 2.46 bits per heavy atom. The number of hydrogen-bond donors (Lipinski definition) is 1. The van der Waals surface area contributed by atoms with Crippen LogP contribution >= 0.6 is 0 Å². The molecule has 2 aromatic carbocycles. The van der Waals surface area contributed by atoms with Gasteiger partial charge in [-0.3, -0.25) is 9.78 Å². The molecule has 0 unspecified atom stereocenters. The highest BCUT2D eigenvalue weighted by Crippen LogP contribution is 2.27. The van der Waals surface area contributed by atoms with Gasteiger partial charge < -0.3 is 10.2 Å². The molecule has 0 radical (unpaired) electrons. The second kappa shape index (κ2) is 9.18. The number of para-hydroxylation sites is 1. The van der Waals surface area contributed by atoms with Gasteiger partial charge in [-0.15, -0.1) is 0 Å². The monoisotopic (exact) mass is 373 g/mol. The molecule has 3 rings (SSSR count). The van der Waals surface area contributed by atoms with Crippen molar-refractivity contribution in [2.24, 2.45) is 0 Å². The second-order valence-electron chi connectivity index (χ2n) is 7.13. The third-order valence-electron chi connectivity index (χ3n) is 4.73. The van der Waals surface area contributed by atoms with Crippen LogP contribution in [0.2, 0.25) is 0 Å². The van der Waals surface area contributed by atoms with E-state index in [1.165, 1.54) is 5.56 Å². The number of nitrogens with one attached hydrogen (secondary N) is 1. The van der Waals surface area contributed by atoms with E-state index in [-0.39, 0.29) is 5.91 Å². The number of carbonyl (C=O) groups is 1. The van der Waals surface area contributed by atoms with Crippen molar-refractivity contribution in [3.63, 3.8) is 0 Å². The molecular formula is C24H27N3O. The van der Waals surface area contributed by atoms with E-state index in [1.807, 2.05) is 60.4 Å². The second-order valence-corrected chi connectivity index (χ2v) is 7.13. The van der Waals surface area contributed by atoms with Gasteiger partial charge in [0.15, 0.2) is 0 Å². The van der Waals surface area contributed by atoms with Gasteiger partial charge in [0.05, 0.1) is 17.4 Å². The lowest BCUT2D eigenvalue weighted by molar-refractivity contribution is 0.0752. The maximum atomic E-state index is 13.0. The van der Waals surface area contributed by atoms with Crippen molar-refractivity contribution in [2.45, 2.75) is 33.2 Å². The first-order valence-corrected chi connectivity index (χ1v) is 9.72. The number of pyridine rings is 1. The predicted octanol–water partition coefficient (Wildman–Crippen LogP) is 5.61. The fraction of sp³-hybridized carbons (Fsp3) is 0.250. The number of anilines is 2. The van der Waals surface area contributed by atoms with Crippen molar-refractivity contribution >= 4 is 17.3 Å². The zero-order valence-corrected chi connectivity index (χ0v) is 16.7. The molecule has 4 heteroatoms. The van der Waals surface area contributed by atoms with Crippen LogP contribution in [0.25, 0.3) is 0 Å². The standard InChI is InChI=1S/C24H27N3O/c1-4-27(17-19-10-6-5-7-11-19)24(28)20-14-21(16-25-15-20)26-23-13-9-8-12-22(23)18(2)3/h5-16,18,26H,4,17H2,1-3H3. The van der Waals surface area contributed by atoms with E-state index in [0.29, 0.717) is 24.6 Å². The Hall–Kier alpha value is -3.14. The summed E-state index contributed by atoms with van der Waals surface area (Å²) in [6.07, 6.45) is 3.39. The van der Waals surface area contributed by atoms with Crippen molar-refractivity contribution < 1.29 is 4.79 Å². The molecule has 0 aliphatic carbocycles. The summed E-state index contributed by atoms with van der Waals surface area (Å²) in [7, 11) is 0. The highest BCUT2D eigenvalue weighted by molar-refractivity contribution is 5.95.